The Hall–Kier alpha value is -0.870. The lowest BCUT2D eigenvalue weighted by molar-refractivity contribution is 0.592. The van der Waals surface area contributed by atoms with Crippen molar-refractivity contribution in [1.29, 1.82) is 0 Å². The van der Waals surface area contributed by atoms with Crippen LogP contribution in [0, 0.1) is 0 Å². The highest BCUT2D eigenvalue weighted by atomic mass is 15.1. The van der Waals surface area contributed by atoms with E-state index in [1.807, 2.05) is 12.4 Å². The van der Waals surface area contributed by atoms with Crippen LogP contribution in [0.15, 0.2) is 12.4 Å². The van der Waals surface area contributed by atoms with E-state index in [1.165, 1.54) is 0 Å². The molecule has 1 heterocycles. The van der Waals surface area contributed by atoms with E-state index >= 15 is 0 Å². The van der Waals surface area contributed by atoms with Crippen molar-refractivity contribution in [2.45, 2.75) is 26.4 Å². The number of rotatable bonds is 6. The van der Waals surface area contributed by atoms with Gasteiger partial charge in [-0.1, -0.05) is 6.92 Å². The monoisotopic (exact) mass is 182 g/mol. The van der Waals surface area contributed by atoms with Gasteiger partial charge in [0, 0.05) is 32.0 Å². The molecule has 1 aromatic rings. The van der Waals surface area contributed by atoms with Crippen molar-refractivity contribution >= 4 is 0 Å². The highest BCUT2D eigenvalue weighted by Crippen LogP contribution is 1.98. The molecule has 0 radical (unpaired) electrons. The first kappa shape index (κ1) is 10.2. The number of aromatic nitrogens is 2. The zero-order valence-electron chi connectivity index (χ0n) is 8.16. The molecule has 0 bridgehead atoms. The fourth-order valence-corrected chi connectivity index (χ4v) is 1.25. The molecule has 1 rings (SSSR count). The first-order chi connectivity index (χ1) is 6.38. The van der Waals surface area contributed by atoms with E-state index < -0.39 is 0 Å². The van der Waals surface area contributed by atoms with E-state index in [1.54, 1.807) is 0 Å². The van der Waals surface area contributed by atoms with Crippen LogP contribution in [-0.4, -0.2) is 22.6 Å². The third-order valence-electron chi connectivity index (χ3n) is 1.87. The number of hydrogen-bond acceptors (Lipinski definition) is 3. The quantitative estimate of drug-likeness (QED) is 0.624. The van der Waals surface area contributed by atoms with Gasteiger partial charge in [0.1, 0.15) is 5.82 Å². The molecule has 0 aliphatic carbocycles. The normalized spacial score (nSPS) is 10.6. The van der Waals surface area contributed by atoms with Gasteiger partial charge in [0.15, 0.2) is 0 Å². The molecule has 0 atom stereocenters. The molecular formula is C9H18N4. The summed E-state index contributed by atoms with van der Waals surface area (Å²) in [6.45, 7) is 5.54. The predicted octanol–water partition coefficient (Wildman–Crippen LogP) is 0.341. The van der Waals surface area contributed by atoms with Crippen molar-refractivity contribution in [2.24, 2.45) is 5.73 Å². The molecule has 1 aromatic heterocycles. The summed E-state index contributed by atoms with van der Waals surface area (Å²) in [6, 6.07) is 0. The maximum absolute atomic E-state index is 5.37. The van der Waals surface area contributed by atoms with Crippen LogP contribution in [0.25, 0.3) is 0 Å². The smallest absolute Gasteiger partial charge is 0.122 e. The summed E-state index contributed by atoms with van der Waals surface area (Å²) in [5.41, 5.74) is 5.37. The van der Waals surface area contributed by atoms with Gasteiger partial charge in [-0.3, -0.25) is 0 Å². The highest BCUT2D eigenvalue weighted by molar-refractivity contribution is 4.91. The van der Waals surface area contributed by atoms with Gasteiger partial charge in [-0.2, -0.15) is 0 Å². The molecule has 0 saturated carbocycles. The van der Waals surface area contributed by atoms with Gasteiger partial charge in [-0.05, 0) is 6.42 Å². The highest BCUT2D eigenvalue weighted by Gasteiger charge is 1.99. The van der Waals surface area contributed by atoms with Crippen molar-refractivity contribution < 1.29 is 0 Å². The number of nitrogens with two attached hydrogens (primary N) is 1. The van der Waals surface area contributed by atoms with E-state index in [-0.39, 0.29) is 0 Å². The molecule has 0 aliphatic rings. The third-order valence-corrected chi connectivity index (χ3v) is 1.87. The molecule has 74 valence electrons. The Morgan fingerprint density at radius 1 is 1.62 bits per heavy atom. The Morgan fingerprint density at radius 3 is 3.15 bits per heavy atom. The van der Waals surface area contributed by atoms with Crippen LogP contribution in [-0.2, 0) is 13.1 Å². The maximum Gasteiger partial charge on any atom is 0.122 e. The first-order valence-electron chi connectivity index (χ1n) is 4.79. The number of hydrogen-bond donors (Lipinski definition) is 2. The standard InChI is InChI=1S/C9H18N4/c1-2-6-13-7-5-12-9(13)8-11-4-3-10/h5,7,11H,2-4,6,8,10H2,1H3. The van der Waals surface area contributed by atoms with Gasteiger partial charge in [0.25, 0.3) is 0 Å². The fourth-order valence-electron chi connectivity index (χ4n) is 1.25. The number of nitrogens with zero attached hydrogens (tertiary/aromatic N) is 2. The van der Waals surface area contributed by atoms with Gasteiger partial charge < -0.3 is 15.6 Å². The number of imidazole rings is 1. The van der Waals surface area contributed by atoms with Crippen LogP contribution in [0.2, 0.25) is 0 Å². The zero-order chi connectivity index (χ0) is 9.52. The second-order valence-electron chi connectivity index (χ2n) is 3.00. The molecule has 13 heavy (non-hydrogen) atoms. The molecule has 0 fully saturated rings. The molecule has 4 nitrogen and oxygen atoms in total. The Morgan fingerprint density at radius 2 is 2.46 bits per heavy atom. The van der Waals surface area contributed by atoms with Crippen LogP contribution in [0.1, 0.15) is 19.2 Å². The Bertz CT molecular complexity index is 231. The summed E-state index contributed by atoms with van der Waals surface area (Å²) in [5, 5.41) is 3.23. The number of aryl methyl sites for hydroxylation is 1. The van der Waals surface area contributed by atoms with E-state index in [2.05, 4.69) is 21.8 Å². The van der Waals surface area contributed by atoms with E-state index in [0.29, 0.717) is 6.54 Å². The molecule has 0 amide bonds. The van der Waals surface area contributed by atoms with Gasteiger partial charge in [0.2, 0.25) is 0 Å². The third kappa shape index (κ3) is 3.16. The predicted molar refractivity (Wildman–Crippen MR) is 53.3 cm³/mol. The van der Waals surface area contributed by atoms with Crippen LogP contribution in [0.5, 0.6) is 0 Å². The van der Waals surface area contributed by atoms with Gasteiger partial charge in [-0.15, -0.1) is 0 Å². The van der Waals surface area contributed by atoms with E-state index in [0.717, 1.165) is 31.9 Å². The molecule has 0 aliphatic heterocycles. The average molecular weight is 182 g/mol. The zero-order valence-corrected chi connectivity index (χ0v) is 8.16. The second kappa shape index (κ2) is 5.72. The molecular weight excluding hydrogens is 164 g/mol. The molecule has 3 N–H and O–H groups in total. The topological polar surface area (TPSA) is 55.9 Å². The summed E-state index contributed by atoms with van der Waals surface area (Å²) < 4.78 is 2.17. The Kier molecular flexibility index (Phi) is 4.49. The van der Waals surface area contributed by atoms with Crippen molar-refractivity contribution in [3.05, 3.63) is 18.2 Å². The van der Waals surface area contributed by atoms with Gasteiger partial charge in [-0.25, -0.2) is 4.98 Å². The minimum atomic E-state index is 0.675. The minimum absolute atomic E-state index is 0.675. The van der Waals surface area contributed by atoms with E-state index in [9.17, 15) is 0 Å². The van der Waals surface area contributed by atoms with Crippen LogP contribution < -0.4 is 11.1 Å². The van der Waals surface area contributed by atoms with Crippen LogP contribution in [0.3, 0.4) is 0 Å². The van der Waals surface area contributed by atoms with Gasteiger partial charge in [0.05, 0.1) is 6.54 Å². The summed E-state index contributed by atoms with van der Waals surface area (Å²) in [5.74, 6) is 1.09. The molecule has 0 unspecified atom stereocenters. The summed E-state index contributed by atoms with van der Waals surface area (Å²) in [4.78, 5) is 4.27. The Balaban J connectivity index is 2.40. The second-order valence-corrected chi connectivity index (χ2v) is 3.00. The lowest BCUT2D eigenvalue weighted by Crippen LogP contribution is -2.23. The van der Waals surface area contributed by atoms with Crippen molar-refractivity contribution in [3.63, 3.8) is 0 Å². The SMILES string of the molecule is CCCn1ccnc1CNCCN. The number of nitrogens with one attached hydrogen (secondary N) is 1. The van der Waals surface area contributed by atoms with Crippen LogP contribution >= 0.6 is 0 Å². The largest absolute Gasteiger partial charge is 0.334 e. The fraction of sp³-hybridized carbons (Fsp3) is 0.667. The Labute approximate surface area is 79.1 Å². The first-order valence-corrected chi connectivity index (χ1v) is 4.79. The average Bonchev–Trinajstić information content (AvgIpc) is 2.54. The van der Waals surface area contributed by atoms with Crippen molar-refractivity contribution in [2.75, 3.05) is 13.1 Å². The summed E-state index contributed by atoms with van der Waals surface area (Å²) >= 11 is 0. The van der Waals surface area contributed by atoms with Crippen LogP contribution in [0.4, 0.5) is 0 Å². The molecule has 4 heteroatoms. The molecule has 0 spiro atoms. The van der Waals surface area contributed by atoms with Crippen molar-refractivity contribution in [3.8, 4) is 0 Å². The summed E-state index contributed by atoms with van der Waals surface area (Å²) in [7, 11) is 0. The van der Waals surface area contributed by atoms with Gasteiger partial charge >= 0.3 is 0 Å². The maximum atomic E-state index is 5.37. The minimum Gasteiger partial charge on any atom is -0.334 e. The lowest BCUT2D eigenvalue weighted by atomic mass is 10.4. The molecule has 0 aromatic carbocycles. The van der Waals surface area contributed by atoms with E-state index in [4.69, 9.17) is 5.73 Å². The summed E-state index contributed by atoms with van der Waals surface area (Å²) in [6.07, 6.45) is 5.00. The lowest BCUT2D eigenvalue weighted by Gasteiger charge is -2.06. The van der Waals surface area contributed by atoms with Crippen molar-refractivity contribution in [1.82, 2.24) is 14.9 Å². The molecule has 0 saturated heterocycles.